The second kappa shape index (κ2) is 8.00. The van der Waals surface area contributed by atoms with Gasteiger partial charge in [0.2, 0.25) is 0 Å². The highest BCUT2D eigenvalue weighted by atomic mass is 19.1. The zero-order valence-corrected chi connectivity index (χ0v) is 16.5. The van der Waals surface area contributed by atoms with E-state index in [4.69, 9.17) is 11.5 Å². The van der Waals surface area contributed by atoms with Crippen LogP contribution in [0, 0.1) is 12.7 Å². The second-order valence-electron chi connectivity index (χ2n) is 7.21. The normalized spacial score (nSPS) is 14.8. The maximum atomic E-state index is 14.3. The van der Waals surface area contributed by atoms with Crippen LogP contribution in [0.1, 0.15) is 16.8 Å². The first-order chi connectivity index (χ1) is 14.1. The molecule has 3 heterocycles. The number of anilines is 3. The molecule has 0 spiro atoms. The molecule has 7 nitrogen and oxygen atoms in total. The van der Waals surface area contributed by atoms with Crippen LogP contribution in [-0.4, -0.2) is 35.6 Å². The first-order valence-corrected chi connectivity index (χ1v) is 9.71. The molecule has 3 aromatic rings. The summed E-state index contributed by atoms with van der Waals surface area (Å²) in [7, 11) is 0. The van der Waals surface area contributed by atoms with Gasteiger partial charge in [0.1, 0.15) is 0 Å². The van der Waals surface area contributed by atoms with Gasteiger partial charge >= 0.3 is 0 Å². The summed E-state index contributed by atoms with van der Waals surface area (Å²) < 4.78 is 16.0. The minimum Gasteiger partial charge on any atom is -0.405 e. The van der Waals surface area contributed by atoms with Crippen LogP contribution >= 0.6 is 0 Å². The molecule has 1 aliphatic rings. The lowest BCUT2D eigenvalue weighted by atomic mass is 10.0. The predicted molar refractivity (Wildman–Crippen MR) is 116 cm³/mol. The van der Waals surface area contributed by atoms with Crippen molar-refractivity contribution >= 4 is 28.8 Å². The van der Waals surface area contributed by atoms with E-state index in [1.165, 1.54) is 12.3 Å². The highest BCUT2D eigenvalue weighted by Crippen LogP contribution is 2.31. The number of halogens is 1. The number of imidazole rings is 1. The zero-order valence-electron chi connectivity index (χ0n) is 16.5. The van der Waals surface area contributed by atoms with Crippen molar-refractivity contribution in [3.05, 3.63) is 59.4 Å². The fourth-order valence-corrected chi connectivity index (χ4v) is 3.75. The third kappa shape index (κ3) is 3.84. The molecular formula is C21H26FN7. The van der Waals surface area contributed by atoms with Crippen LogP contribution in [0.15, 0.2) is 36.8 Å². The smallest absolute Gasteiger partial charge is 0.173 e. The monoisotopic (exact) mass is 395 g/mol. The van der Waals surface area contributed by atoms with Gasteiger partial charge in [-0.1, -0.05) is 6.07 Å². The molecule has 0 atom stereocenters. The summed E-state index contributed by atoms with van der Waals surface area (Å²) in [5.41, 5.74) is 17.5. The summed E-state index contributed by atoms with van der Waals surface area (Å²) in [5.74, 6) is -0.364. The molecule has 0 unspecified atom stereocenters. The van der Waals surface area contributed by atoms with Gasteiger partial charge in [0.15, 0.2) is 11.5 Å². The molecule has 0 amide bonds. The van der Waals surface area contributed by atoms with Crippen molar-refractivity contribution in [2.75, 3.05) is 42.1 Å². The van der Waals surface area contributed by atoms with Crippen molar-refractivity contribution in [1.82, 2.24) is 14.7 Å². The summed E-state index contributed by atoms with van der Waals surface area (Å²) >= 11 is 0. The van der Waals surface area contributed by atoms with Gasteiger partial charge in [0.25, 0.3) is 0 Å². The van der Waals surface area contributed by atoms with Crippen LogP contribution in [0.25, 0.3) is 11.7 Å². The van der Waals surface area contributed by atoms with Crippen molar-refractivity contribution in [2.45, 2.75) is 13.5 Å². The molecule has 29 heavy (non-hydrogen) atoms. The topological polar surface area (TPSA) is 96.6 Å². The molecule has 8 heteroatoms. The number of hydrogen-bond acceptors (Lipinski definition) is 6. The van der Waals surface area contributed by atoms with Gasteiger partial charge in [-0.2, -0.15) is 0 Å². The fourth-order valence-electron chi connectivity index (χ4n) is 3.75. The minimum absolute atomic E-state index is 0.323. The Morgan fingerprint density at radius 2 is 2.07 bits per heavy atom. The summed E-state index contributed by atoms with van der Waals surface area (Å²) in [6, 6.07) is 5.55. The lowest BCUT2D eigenvalue weighted by Crippen LogP contribution is -2.43. The van der Waals surface area contributed by atoms with Gasteiger partial charge in [-0.05, 0) is 30.8 Å². The Balaban J connectivity index is 1.59. The number of aromatic nitrogens is 2. The average molecular weight is 395 g/mol. The number of piperazine rings is 1. The number of hydrogen-bond donors (Lipinski definition) is 4. The Labute approximate surface area is 169 Å². The molecule has 1 aliphatic heterocycles. The van der Waals surface area contributed by atoms with Crippen molar-refractivity contribution in [2.24, 2.45) is 5.73 Å². The summed E-state index contributed by atoms with van der Waals surface area (Å²) in [5, 5.41) is 6.62. The van der Waals surface area contributed by atoms with Crippen LogP contribution in [0.5, 0.6) is 0 Å². The lowest BCUT2D eigenvalue weighted by Gasteiger charge is -2.31. The lowest BCUT2D eigenvalue weighted by molar-refractivity contribution is 0.589. The molecule has 2 aromatic heterocycles. The van der Waals surface area contributed by atoms with Gasteiger partial charge < -0.3 is 31.4 Å². The molecule has 0 aliphatic carbocycles. The number of aryl methyl sites for hydroxylation is 1. The average Bonchev–Trinajstić information content (AvgIpc) is 3.10. The predicted octanol–water partition coefficient (Wildman–Crippen LogP) is 2.32. The van der Waals surface area contributed by atoms with E-state index in [2.05, 4.69) is 26.6 Å². The molecule has 152 valence electrons. The van der Waals surface area contributed by atoms with E-state index in [1.807, 2.05) is 25.3 Å². The molecule has 4 rings (SSSR count). The Morgan fingerprint density at radius 1 is 1.28 bits per heavy atom. The standard InChI is InChI=1S/C21H26FN7/c1-14-12-29-13-16(10-18(22)21(29)27-14)26-11-15-2-3-19(17(4-5-23)20(15)24)28-8-6-25-7-9-28/h2-5,10,12-13,25-26H,6-9,11,23-24H2,1H3/b5-4-. The molecular weight excluding hydrogens is 369 g/mol. The van der Waals surface area contributed by atoms with E-state index >= 15 is 0 Å². The fraction of sp³-hybridized carbons (Fsp3) is 0.286. The third-order valence-electron chi connectivity index (χ3n) is 5.18. The van der Waals surface area contributed by atoms with E-state index in [1.54, 1.807) is 10.6 Å². The van der Waals surface area contributed by atoms with Gasteiger partial charge in [0.05, 0.1) is 11.4 Å². The van der Waals surface area contributed by atoms with Crippen molar-refractivity contribution in [3.63, 3.8) is 0 Å². The Morgan fingerprint density at radius 3 is 2.83 bits per heavy atom. The van der Waals surface area contributed by atoms with Gasteiger partial charge in [-0.3, -0.25) is 0 Å². The van der Waals surface area contributed by atoms with E-state index in [0.717, 1.165) is 48.7 Å². The maximum Gasteiger partial charge on any atom is 0.173 e. The van der Waals surface area contributed by atoms with Gasteiger partial charge in [0, 0.05) is 68.1 Å². The molecule has 1 saturated heterocycles. The summed E-state index contributed by atoms with van der Waals surface area (Å²) in [6.45, 7) is 6.04. The van der Waals surface area contributed by atoms with Crippen LogP contribution in [0.4, 0.5) is 21.5 Å². The molecule has 0 radical (unpaired) electrons. The Bertz CT molecular complexity index is 1050. The van der Waals surface area contributed by atoms with Gasteiger partial charge in [-0.15, -0.1) is 0 Å². The molecule has 6 N–H and O–H groups in total. The second-order valence-corrected chi connectivity index (χ2v) is 7.21. The van der Waals surface area contributed by atoms with Crippen molar-refractivity contribution < 1.29 is 4.39 Å². The van der Waals surface area contributed by atoms with Crippen LogP contribution in [0.2, 0.25) is 0 Å². The van der Waals surface area contributed by atoms with Crippen molar-refractivity contribution in [1.29, 1.82) is 0 Å². The number of fused-ring (bicyclic) bond motifs is 1. The molecule has 1 aromatic carbocycles. The Hall–Kier alpha value is -3.26. The van der Waals surface area contributed by atoms with Crippen LogP contribution in [0.3, 0.4) is 0 Å². The van der Waals surface area contributed by atoms with E-state index < -0.39 is 0 Å². The van der Waals surface area contributed by atoms with Crippen LogP contribution in [-0.2, 0) is 6.54 Å². The first-order valence-electron chi connectivity index (χ1n) is 9.71. The number of rotatable bonds is 5. The van der Waals surface area contributed by atoms with E-state index in [9.17, 15) is 4.39 Å². The number of nitrogens with zero attached hydrogens (tertiary/aromatic N) is 3. The van der Waals surface area contributed by atoms with Crippen molar-refractivity contribution in [3.8, 4) is 0 Å². The maximum absolute atomic E-state index is 14.3. The van der Waals surface area contributed by atoms with E-state index in [0.29, 0.717) is 23.6 Å². The molecule has 1 fully saturated rings. The third-order valence-corrected chi connectivity index (χ3v) is 5.18. The first kappa shape index (κ1) is 19.1. The molecule has 0 saturated carbocycles. The highest BCUT2D eigenvalue weighted by Gasteiger charge is 2.17. The Kier molecular flexibility index (Phi) is 5.26. The quantitative estimate of drug-likeness (QED) is 0.495. The molecule has 0 bridgehead atoms. The number of benzene rings is 1. The summed E-state index contributed by atoms with van der Waals surface area (Å²) in [6.07, 6.45) is 6.98. The van der Waals surface area contributed by atoms with Gasteiger partial charge in [-0.25, -0.2) is 9.37 Å². The SMILES string of the molecule is Cc1cn2cc(NCc3ccc(N4CCNCC4)c(/C=C\N)c3N)cc(F)c2n1. The van der Waals surface area contributed by atoms with E-state index in [-0.39, 0.29) is 5.82 Å². The summed E-state index contributed by atoms with van der Waals surface area (Å²) in [4.78, 5) is 6.49. The largest absolute Gasteiger partial charge is 0.405 e. The number of nitrogens with two attached hydrogens (primary N) is 2. The number of pyridine rings is 1. The zero-order chi connectivity index (χ0) is 20.4. The minimum atomic E-state index is -0.364. The highest BCUT2D eigenvalue weighted by molar-refractivity contribution is 5.80. The van der Waals surface area contributed by atoms with Crippen LogP contribution < -0.4 is 27.0 Å². The number of nitrogen functional groups attached to an aromatic ring is 1. The number of nitrogens with one attached hydrogen (secondary N) is 2.